The third-order valence-electron chi connectivity index (χ3n) is 2.73. The molecule has 1 aromatic heterocycles. The molecule has 0 aliphatic rings. The second-order valence-corrected chi connectivity index (χ2v) is 4.89. The van der Waals surface area contributed by atoms with Gasteiger partial charge in [-0.15, -0.1) is 12.4 Å². The van der Waals surface area contributed by atoms with Gasteiger partial charge in [0.2, 0.25) is 11.9 Å². The monoisotopic (exact) mass is 302 g/mol. The number of fused-ring (bicyclic) bond motifs is 1. The Balaban J connectivity index is 0.00000180. The van der Waals surface area contributed by atoms with Crippen molar-refractivity contribution in [3.05, 3.63) is 23.2 Å². The molecule has 5 nitrogen and oxygen atoms in total. The first-order valence-electron chi connectivity index (χ1n) is 5.69. The number of benzene rings is 1. The number of rotatable bonds is 3. The number of anilines is 1. The number of nitrogens with two attached hydrogens (primary N) is 1. The third kappa shape index (κ3) is 3.37. The van der Waals surface area contributed by atoms with Crippen molar-refractivity contribution in [1.29, 1.82) is 0 Å². The number of carbonyl (C=O) groups excluding carboxylic acids is 1. The predicted octanol–water partition coefficient (Wildman–Crippen LogP) is 2.56. The van der Waals surface area contributed by atoms with E-state index in [0.29, 0.717) is 16.5 Å². The SMILES string of the molecule is CC(C)[C@H](N)C(=O)Nc1nc2c(Cl)cccc2[nH]1.Cl. The molecule has 0 radical (unpaired) electrons. The minimum atomic E-state index is -0.561. The quantitative estimate of drug-likeness (QED) is 0.814. The van der Waals surface area contributed by atoms with Crippen LogP contribution in [-0.4, -0.2) is 21.9 Å². The van der Waals surface area contributed by atoms with E-state index in [9.17, 15) is 4.79 Å². The van der Waals surface area contributed by atoms with Crippen LogP contribution >= 0.6 is 24.0 Å². The second-order valence-electron chi connectivity index (χ2n) is 4.48. The van der Waals surface area contributed by atoms with Crippen molar-refractivity contribution in [2.45, 2.75) is 19.9 Å². The first kappa shape index (κ1) is 15.8. The van der Waals surface area contributed by atoms with Gasteiger partial charge in [-0.3, -0.25) is 10.1 Å². The molecule has 0 bridgehead atoms. The Kier molecular flexibility index (Phi) is 5.17. The zero-order valence-corrected chi connectivity index (χ0v) is 12.2. The van der Waals surface area contributed by atoms with Crippen LogP contribution in [0, 0.1) is 5.92 Å². The number of hydrogen-bond donors (Lipinski definition) is 3. The highest BCUT2D eigenvalue weighted by atomic mass is 35.5. The van der Waals surface area contributed by atoms with Crippen LogP contribution in [0.25, 0.3) is 11.0 Å². The average molecular weight is 303 g/mol. The molecule has 7 heteroatoms. The Morgan fingerprint density at radius 2 is 2.16 bits per heavy atom. The van der Waals surface area contributed by atoms with Crippen LogP contribution in [0.4, 0.5) is 5.95 Å². The van der Waals surface area contributed by atoms with E-state index in [1.807, 2.05) is 26.0 Å². The van der Waals surface area contributed by atoms with Crippen LogP contribution in [-0.2, 0) is 4.79 Å². The first-order valence-corrected chi connectivity index (χ1v) is 6.07. The molecule has 0 saturated heterocycles. The fraction of sp³-hybridized carbons (Fsp3) is 0.333. The molecule has 1 amide bonds. The van der Waals surface area contributed by atoms with Gasteiger partial charge in [-0.2, -0.15) is 0 Å². The van der Waals surface area contributed by atoms with Crippen molar-refractivity contribution in [2.75, 3.05) is 5.32 Å². The van der Waals surface area contributed by atoms with E-state index >= 15 is 0 Å². The molecule has 0 saturated carbocycles. The van der Waals surface area contributed by atoms with E-state index in [4.69, 9.17) is 17.3 Å². The molecule has 104 valence electrons. The van der Waals surface area contributed by atoms with Crippen molar-refractivity contribution >= 4 is 46.9 Å². The zero-order valence-electron chi connectivity index (χ0n) is 10.6. The van der Waals surface area contributed by atoms with E-state index in [-0.39, 0.29) is 24.2 Å². The largest absolute Gasteiger partial charge is 0.324 e. The summed E-state index contributed by atoms with van der Waals surface area (Å²) in [5.41, 5.74) is 7.16. The van der Waals surface area contributed by atoms with Gasteiger partial charge in [-0.1, -0.05) is 31.5 Å². The number of hydrogen-bond acceptors (Lipinski definition) is 3. The Morgan fingerprint density at radius 1 is 1.47 bits per heavy atom. The van der Waals surface area contributed by atoms with E-state index in [1.54, 1.807) is 6.07 Å². The van der Waals surface area contributed by atoms with Gasteiger partial charge in [0.1, 0.15) is 5.52 Å². The van der Waals surface area contributed by atoms with Crippen LogP contribution in [0.5, 0.6) is 0 Å². The number of nitrogens with zero attached hydrogens (tertiary/aromatic N) is 1. The van der Waals surface area contributed by atoms with Gasteiger partial charge in [-0.25, -0.2) is 4.98 Å². The number of imidazole rings is 1. The zero-order chi connectivity index (χ0) is 13.3. The Labute approximate surface area is 122 Å². The lowest BCUT2D eigenvalue weighted by atomic mass is 10.1. The van der Waals surface area contributed by atoms with Gasteiger partial charge in [0.05, 0.1) is 16.6 Å². The molecule has 19 heavy (non-hydrogen) atoms. The summed E-state index contributed by atoms with van der Waals surface area (Å²) >= 11 is 6.00. The van der Waals surface area contributed by atoms with Crippen LogP contribution in [0.3, 0.4) is 0 Å². The highest BCUT2D eigenvalue weighted by Gasteiger charge is 2.18. The van der Waals surface area contributed by atoms with Crippen LogP contribution in [0.1, 0.15) is 13.8 Å². The summed E-state index contributed by atoms with van der Waals surface area (Å²) in [6, 6.07) is 4.84. The van der Waals surface area contributed by atoms with Crippen LogP contribution in [0.15, 0.2) is 18.2 Å². The molecule has 4 N–H and O–H groups in total. The lowest BCUT2D eigenvalue weighted by Gasteiger charge is -2.13. The van der Waals surface area contributed by atoms with E-state index in [2.05, 4.69) is 15.3 Å². The Bertz CT molecular complexity index is 582. The van der Waals surface area contributed by atoms with Gasteiger partial charge in [0.15, 0.2) is 0 Å². The fourth-order valence-electron chi connectivity index (χ4n) is 1.56. The van der Waals surface area contributed by atoms with E-state index in [1.165, 1.54) is 0 Å². The number of amides is 1. The summed E-state index contributed by atoms with van der Waals surface area (Å²) < 4.78 is 0. The molecule has 0 spiro atoms. The summed E-state index contributed by atoms with van der Waals surface area (Å²) in [4.78, 5) is 19.0. The number of nitrogens with one attached hydrogen (secondary N) is 2. The number of carbonyl (C=O) groups is 1. The Hall–Kier alpha value is -1.30. The predicted molar refractivity (Wildman–Crippen MR) is 79.8 cm³/mol. The number of H-pyrrole nitrogens is 1. The minimum Gasteiger partial charge on any atom is -0.324 e. The maximum Gasteiger partial charge on any atom is 0.243 e. The molecule has 2 rings (SSSR count). The lowest BCUT2D eigenvalue weighted by molar-refractivity contribution is -0.118. The van der Waals surface area contributed by atoms with Crippen molar-refractivity contribution < 1.29 is 4.79 Å². The standard InChI is InChI=1S/C12H15ClN4O.ClH/c1-6(2)9(14)11(18)17-12-15-8-5-3-4-7(13)10(8)16-12;/h3-6,9H,14H2,1-2H3,(H2,15,16,17,18);1H/t9-;/m0./s1. The summed E-state index contributed by atoms with van der Waals surface area (Å²) in [5, 5.41) is 3.19. The Morgan fingerprint density at radius 3 is 2.74 bits per heavy atom. The molecule has 0 aliphatic heterocycles. The number of halogens is 2. The number of para-hydroxylation sites is 1. The minimum absolute atomic E-state index is 0. The maximum absolute atomic E-state index is 11.8. The maximum atomic E-state index is 11.8. The molecular weight excluding hydrogens is 287 g/mol. The molecule has 1 heterocycles. The molecular formula is C12H16Cl2N4O. The summed E-state index contributed by atoms with van der Waals surface area (Å²) in [5.74, 6) is 0.164. The number of aromatic amines is 1. The third-order valence-corrected chi connectivity index (χ3v) is 3.03. The van der Waals surface area contributed by atoms with Gasteiger partial charge in [0.25, 0.3) is 0 Å². The molecule has 2 aromatic rings. The molecule has 0 fully saturated rings. The highest BCUT2D eigenvalue weighted by molar-refractivity contribution is 6.35. The first-order chi connectivity index (χ1) is 8.49. The van der Waals surface area contributed by atoms with Crippen molar-refractivity contribution in [3.8, 4) is 0 Å². The normalized spacial score (nSPS) is 12.3. The average Bonchev–Trinajstić information content (AvgIpc) is 2.71. The topological polar surface area (TPSA) is 83.8 Å². The van der Waals surface area contributed by atoms with Crippen molar-refractivity contribution in [2.24, 2.45) is 11.7 Å². The fourth-order valence-corrected chi connectivity index (χ4v) is 1.78. The van der Waals surface area contributed by atoms with E-state index < -0.39 is 6.04 Å². The summed E-state index contributed by atoms with van der Waals surface area (Å²) in [6.07, 6.45) is 0. The molecule has 0 aliphatic carbocycles. The van der Waals surface area contributed by atoms with Crippen LogP contribution in [0.2, 0.25) is 5.02 Å². The lowest BCUT2D eigenvalue weighted by Crippen LogP contribution is -2.39. The summed E-state index contributed by atoms with van der Waals surface area (Å²) in [6.45, 7) is 3.78. The molecule has 0 unspecified atom stereocenters. The van der Waals surface area contributed by atoms with Gasteiger partial charge >= 0.3 is 0 Å². The molecule has 1 aromatic carbocycles. The van der Waals surface area contributed by atoms with Crippen molar-refractivity contribution in [3.63, 3.8) is 0 Å². The van der Waals surface area contributed by atoms with E-state index in [0.717, 1.165) is 5.52 Å². The van der Waals surface area contributed by atoms with Crippen molar-refractivity contribution in [1.82, 2.24) is 9.97 Å². The smallest absolute Gasteiger partial charge is 0.243 e. The highest BCUT2D eigenvalue weighted by Crippen LogP contribution is 2.22. The van der Waals surface area contributed by atoms with Crippen LogP contribution < -0.4 is 11.1 Å². The van der Waals surface area contributed by atoms with Gasteiger partial charge in [0, 0.05) is 0 Å². The van der Waals surface area contributed by atoms with Gasteiger partial charge < -0.3 is 10.7 Å². The summed E-state index contributed by atoms with van der Waals surface area (Å²) in [7, 11) is 0. The molecule has 1 atom stereocenters. The second kappa shape index (κ2) is 6.23. The van der Waals surface area contributed by atoms with Gasteiger partial charge in [-0.05, 0) is 18.1 Å². The number of aromatic nitrogens is 2.